The minimum absolute atomic E-state index is 0.452. The van der Waals surface area contributed by atoms with Gasteiger partial charge in [-0.1, -0.05) is 25.3 Å². The second-order valence-corrected chi connectivity index (χ2v) is 5.97. The molecular weight excluding hydrogens is 234 g/mol. The molecule has 3 rings (SSSR count). The third kappa shape index (κ3) is 2.22. The van der Waals surface area contributed by atoms with Gasteiger partial charge < -0.3 is 10.3 Å². The molecule has 1 aliphatic carbocycles. The molecule has 1 aromatic carbocycles. The van der Waals surface area contributed by atoms with Crippen LogP contribution in [0.5, 0.6) is 0 Å². The molecule has 19 heavy (non-hydrogen) atoms. The molecule has 2 N–H and O–H groups in total. The van der Waals surface area contributed by atoms with Crippen molar-refractivity contribution in [2.45, 2.75) is 52.0 Å². The molecule has 2 aromatic rings. The van der Waals surface area contributed by atoms with Gasteiger partial charge in [0.15, 0.2) is 0 Å². The Kier molecular flexibility index (Phi) is 3.21. The van der Waals surface area contributed by atoms with Crippen LogP contribution in [0.1, 0.15) is 50.6 Å². The quantitative estimate of drug-likeness (QED) is 0.881. The Balaban J connectivity index is 2.01. The number of benzene rings is 1. The minimum atomic E-state index is 0.452. The molecule has 0 bridgehead atoms. The summed E-state index contributed by atoms with van der Waals surface area (Å²) in [7, 11) is 0. The summed E-state index contributed by atoms with van der Waals surface area (Å²) in [5.74, 6) is 1.41. The summed E-state index contributed by atoms with van der Waals surface area (Å²) in [6.07, 6.45) is 6.77. The van der Waals surface area contributed by atoms with Gasteiger partial charge in [0.25, 0.3) is 0 Å². The van der Waals surface area contributed by atoms with Gasteiger partial charge in [-0.25, -0.2) is 4.98 Å². The number of fused-ring (bicyclic) bond motifs is 1. The summed E-state index contributed by atoms with van der Waals surface area (Å²) in [5.41, 5.74) is 9.61. The van der Waals surface area contributed by atoms with E-state index in [0.717, 1.165) is 11.4 Å². The number of imidazole rings is 1. The number of aromatic nitrogens is 2. The second-order valence-electron chi connectivity index (χ2n) is 5.97. The van der Waals surface area contributed by atoms with Crippen molar-refractivity contribution in [2.75, 3.05) is 5.73 Å². The first kappa shape index (κ1) is 12.5. The molecule has 1 fully saturated rings. The van der Waals surface area contributed by atoms with E-state index in [1.54, 1.807) is 0 Å². The normalized spacial score (nSPS) is 18.8. The molecule has 1 atom stereocenters. The van der Waals surface area contributed by atoms with Gasteiger partial charge in [0.2, 0.25) is 5.95 Å². The van der Waals surface area contributed by atoms with Crippen molar-refractivity contribution in [3.8, 4) is 0 Å². The van der Waals surface area contributed by atoms with E-state index in [2.05, 4.69) is 41.6 Å². The van der Waals surface area contributed by atoms with E-state index in [0.29, 0.717) is 12.0 Å². The highest BCUT2D eigenvalue weighted by atomic mass is 15.2. The molecule has 3 nitrogen and oxygen atoms in total. The first-order valence-corrected chi connectivity index (χ1v) is 7.41. The van der Waals surface area contributed by atoms with Crippen LogP contribution in [0.15, 0.2) is 18.2 Å². The second kappa shape index (κ2) is 4.87. The molecular formula is C16H23N3. The van der Waals surface area contributed by atoms with E-state index in [4.69, 9.17) is 5.73 Å². The highest BCUT2D eigenvalue weighted by Gasteiger charge is 2.24. The lowest BCUT2D eigenvalue weighted by atomic mass is 9.84. The first-order valence-electron chi connectivity index (χ1n) is 7.41. The molecule has 3 heteroatoms. The fourth-order valence-electron chi connectivity index (χ4n) is 3.48. The Morgan fingerprint density at radius 1 is 1.26 bits per heavy atom. The van der Waals surface area contributed by atoms with Crippen LogP contribution in [0.3, 0.4) is 0 Å². The predicted octanol–water partition coefficient (Wildman–Crippen LogP) is 4.07. The number of aryl methyl sites for hydroxylation is 1. The Labute approximate surface area is 114 Å². The summed E-state index contributed by atoms with van der Waals surface area (Å²) < 4.78 is 2.24. The molecule has 1 aromatic heterocycles. The summed E-state index contributed by atoms with van der Waals surface area (Å²) in [4.78, 5) is 4.53. The standard InChI is InChI=1S/C16H23N3/c1-11-8-9-15-14(10-11)18-16(17)19(15)12(2)13-6-4-3-5-7-13/h8-10,12-13H,3-7H2,1-2H3,(H2,17,18). The molecule has 0 amide bonds. The van der Waals surface area contributed by atoms with Gasteiger partial charge in [0.1, 0.15) is 0 Å². The lowest BCUT2D eigenvalue weighted by Crippen LogP contribution is -2.20. The van der Waals surface area contributed by atoms with Crippen LogP contribution in [0.4, 0.5) is 5.95 Å². The zero-order chi connectivity index (χ0) is 13.4. The molecule has 1 unspecified atom stereocenters. The van der Waals surface area contributed by atoms with Crippen LogP contribution in [0.2, 0.25) is 0 Å². The molecule has 1 saturated carbocycles. The topological polar surface area (TPSA) is 43.8 Å². The maximum absolute atomic E-state index is 6.16. The molecule has 0 spiro atoms. The number of nitrogen functional groups attached to an aromatic ring is 1. The fraction of sp³-hybridized carbons (Fsp3) is 0.562. The van der Waals surface area contributed by atoms with Crippen molar-refractivity contribution in [3.63, 3.8) is 0 Å². The van der Waals surface area contributed by atoms with Gasteiger partial charge in [0, 0.05) is 6.04 Å². The van der Waals surface area contributed by atoms with E-state index in [-0.39, 0.29) is 0 Å². The van der Waals surface area contributed by atoms with Crippen molar-refractivity contribution < 1.29 is 0 Å². The van der Waals surface area contributed by atoms with E-state index in [1.807, 2.05) is 0 Å². The van der Waals surface area contributed by atoms with Crippen molar-refractivity contribution in [1.82, 2.24) is 9.55 Å². The number of anilines is 1. The number of hydrogen-bond donors (Lipinski definition) is 1. The third-order valence-corrected chi connectivity index (χ3v) is 4.61. The first-order chi connectivity index (χ1) is 9.16. The molecule has 1 aliphatic rings. The summed E-state index contributed by atoms with van der Waals surface area (Å²) in [6, 6.07) is 6.88. The molecule has 1 heterocycles. The number of nitrogens with two attached hydrogens (primary N) is 1. The average Bonchev–Trinajstić information content (AvgIpc) is 2.74. The zero-order valence-electron chi connectivity index (χ0n) is 11.9. The highest BCUT2D eigenvalue weighted by Crippen LogP contribution is 2.35. The van der Waals surface area contributed by atoms with E-state index in [9.17, 15) is 0 Å². The Bertz CT molecular complexity index is 579. The average molecular weight is 257 g/mol. The third-order valence-electron chi connectivity index (χ3n) is 4.61. The largest absolute Gasteiger partial charge is 0.369 e. The Morgan fingerprint density at radius 2 is 2.00 bits per heavy atom. The van der Waals surface area contributed by atoms with Crippen molar-refractivity contribution >= 4 is 17.0 Å². The van der Waals surface area contributed by atoms with Crippen LogP contribution >= 0.6 is 0 Å². The maximum Gasteiger partial charge on any atom is 0.201 e. The zero-order valence-corrected chi connectivity index (χ0v) is 11.9. The van der Waals surface area contributed by atoms with E-state index in [1.165, 1.54) is 43.2 Å². The van der Waals surface area contributed by atoms with Crippen molar-refractivity contribution in [1.29, 1.82) is 0 Å². The van der Waals surface area contributed by atoms with Crippen LogP contribution in [-0.4, -0.2) is 9.55 Å². The molecule has 102 valence electrons. The molecule has 0 aliphatic heterocycles. The van der Waals surface area contributed by atoms with Gasteiger partial charge in [-0.2, -0.15) is 0 Å². The van der Waals surface area contributed by atoms with Crippen LogP contribution in [-0.2, 0) is 0 Å². The minimum Gasteiger partial charge on any atom is -0.369 e. The van der Waals surface area contributed by atoms with Crippen LogP contribution in [0, 0.1) is 12.8 Å². The summed E-state index contributed by atoms with van der Waals surface area (Å²) in [5, 5.41) is 0. The lowest BCUT2D eigenvalue weighted by molar-refractivity contribution is 0.269. The number of rotatable bonds is 2. The lowest BCUT2D eigenvalue weighted by Gasteiger charge is -2.29. The molecule has 0 radical (unpaired) electrons. The van der Waals surface area contributed by atoms with Gasteiger partial charge in [-0.3, -0.25) is 0 Å². The van der Waals surface area contributed by atoms with E-state index < -0.39 is 0 Å². The highest BCUT2D eigenvalue weighted by molar-refractivity contribution is 5.79. The number of hydrogen-bond acceptors (Lipinski definition) is 2. The maximum atomic E-state index is 6.16. The van der Waals surface area contributed by atoms with Gasteiger partial charge in [0.05, 0.1) is 11.0 Å². The van der Waals surface area contributed by atoms with Gasteiger partial charge >= 0.3 is 0 Å². The molecule has 0 saturated heterocycles. The van der Waals surface area contributed by atoms with E-state index >= 15 is 0 Å². The van der Waals surface area contributed by atoms with Crippen molar-refractivity contribution in [2.24, 2.45) is 5.92 Å². The van der Waals surface area contributed by atoms with Crippen LogP contribution in [0.25, 0.3) is 11.0 Å². The number of nitrogens with zero attached hydrogens (tertiary/aromatic N) is 2. The Hall–Kier alpha value is -1.51. The SMILES string of the molecule is Cc1ccc2c(c1)nc(N)n2C(C)C1CCCCC1. The monoisotopic (exact) mass is 257 g/mol. The van der Waals surface area contributed by atoms with Crippen molar-refractivity contribution in [3.05, 3.63) is 23.8 Å². The fourth-order valence-corrected chi connectivity index (χ4v) is 3.48. The summed E-state index contributed by atoms with van der Waals surface area (Å²) >= 11 is 0. The van der Waals surface area contributed by atoms with Gasteiger partial charge in [-0.15, -0.1) is 0 Å². The van der Waals surface area contributed by atoms with Gasteiger partial charge in [-0.05, 0) is 50.3 Å². The smallest absolute Gasteiger partial charge is 0.201 e. The predicted molar refractivity (Wildman–Crippen MR) is 80.2 cm³/mol. The summed E-state index contributed by atoms with van der Waals surface area (Å²) in [6.45, 7) is 4.40. The Morgan fingerprint density at radius 3 is 2.74 bits per heavy atom. The van der Waals surface area contributed by atoms with Crippen LogP contribution < -0.4 is 5.73 Å².